The fraction of sp³-hybridized carbons (Fsp3) is 0.192. The Morgan fingerprint density at radius 1 is 0.853 bits per heavy atom. The van der Waals surface area contributed by atoms with E-state index in [9.17, 15) is 14.4 Å². The van der Waals surface area contributed by atoms with Gasteiger partial charge in [-0.1, -0.05) is 35.9 Å². The van der Waals surface area contributed by atoms with E-state index in [0.29, 0.717) is 35.1 Å². The molecular formula is C26H26ClN3O4. The molecule has 0 saturated heterocycles. The van der Waals surface area contributed by atoms with Gasteiger partial charge in [-0.3, -0.25) is 14.4 Å². The van der Waals surface area contributed by atoms with E-state index >= 15 is 0 Å². The number of para-hydroxylation sites is 1. The Kier molecular flexibility index (Phi) is 8.65. The van der Waals surface area contributed by atoms with Gasteiger partial charge < -0.3 is 20.3 Å². The number of hydrogen-bond donors (Lipinski definition) is 2. The summed E-state index contributed by atoms with van der Waals surface area (Å²) in [6, 6.07) is 20.3. The SMILES string of the molecule is CCN(CC)C(=O)c1cccc(NC(=O)COc2ccc(Cl)cc2C(=O)Nc2ccccc2)c1. The Bertz CT molecular complexity index is 1160. The van der Waals surface area contributed by atoms with Crippen molar-refractivity contribution in [2.24, 2.45) is 0 Å². The van der Waals surface area contributed by atoms with E-state index in [0.717, 1.165) is 0 Å². The third-order valence-corrected chi connectivity index (χ3v) is 5.26. The van der Waals surface area contributed by atoms with Crippen LogP contribution in [0.4, 0.5) is 11.4 Å². The summed E-state index contributed by atoms with van der Waals surface area (Å²) in [4.78, 5) is 39.5. The first-order valence-corrected chi connectivity index (χ1v) is 11.3. The van der Waals surface area contributed by atoms with Crippen LogP contribution in [0.2, 0.25) is 5.02 Å². The molecule has 0 radical (unpaired) electrons. The Morgan fingerprint density at radius 2 is 1.56 bits per heavy atom. The highest BCUT2D eigenvalue weighted by Gasteiger charge is 2.16. The second-order valence-electron chi connectivity index (χ2n) is 7.36. The molecule has 0 spiro atoms. The Hall–Kier alpha value is -3.84. The van der Waals surface area contributed by atoms with Gasteiger partial charge in [-0.15, -0.1) is 0 Å². The maximum Gasteiger partial charge on any atom is 0.262 e. The molecule has 0 bridgehead atoms. The Labute approximate surface area is 203 Å². The minimum absolute atomic E-state index is 0.104. The lowest BCUT2D eigenvalue weighted by Crippen LogP contribution is -2.30. The fourth-order valence-electron chi connectivity index (χ4n) is 3.29. The lowest BCUT2D eigenvalue weighted by molar-refractivity contribution is -0.118. The number of ether oxygens (including phenoxy) is 1. The molecule has 3 rings (SSSR count). The largest absolute Gasteiger partial charge is 0.483 e. The maximum atomic E-state index is 12.7. The first-order valence-electron chi connectivity index (χ1n) is 10.9. The highest BCUT2D eigenvalue weighted by molar-refractivity contribution is 6.31. The van der Waals surface area contributed by atoms with Crippen LogP contribution in [-0.4, -0.2) is 42.3 Å². The molecule has 0 aromatic heterocycles. The number of rotatable bonds is 9. The lowest BCUT2D eigenvalue weighted by Gasteiger charge is -2.19. The molecule has 0 fully saturated rings. The van der Waals surface area contributed by atoms with Crippen LogP contribution in [0.25, 0.3) is 0 Å². The summed E-state index contributed by atoms with van der Waals surface area (Å²) >= 11 is 6.07. The molecule has 0 unspecified atom stereocenters. The number of anilines is 2. The zero-order valence-electron chi connectivity index (χ0n) is 19.0. The van der Waals surface area contributed by atoms with Gasteiger partial charge >= 0.3 is 0 Å². The quantitative estimate of drug-likeness (QED) is 0.447. The zero-order chi connectivity index (χ0) is 24.5. The van der Waals surface area contributed by atoms with Gasteiger partial charge in [0.05, 0.1) is 5.56 Å². The highest BCUT2D eigenvalue weighted by Crippen LogP contribution is 2.24. The van der Waals surface area contributed by atoms with Crippen molar-refractivity contribution in [3.8, 4) is 5.75 Å². The third kappa shape index (κ3) is 6.59. The number of nitrogens with one attached hydrogen (secondary N) is 2. The van der Waals surface area contributed by atoms with Crippen LogP contribution >= 0.6 is 11.6 Å². The van der Waals surface area contributed by atoms with Gasteiger partial charge in [0.15, 0.2) is 6.61 Å². The van der Waals surface area contributed by atoms with Gasteiger partial charge in [-0.2, -0.15) is 0 Å². The topological polar surface area (TPSA) is 87.7 Å². The number of carbonyl (C=O) groups is 3. The second kappa shape index (κ2) is 11.9. The molecule has 0 aliphatic rings. The minimum Gasteiger partial charge on any atom is -0.483 e. The van der Waals surface area contributed by atoms with E-state index in [1.54, 1.807) is 65.6 Å². The van der Waals surface area contributed by atoms with Crippen molar-refractivity contribution in [1.82, 2.24) is 4.90 Å². The van der Waals surface area contributed by atoms with Gasteiger partial charge in [-0.25, -0.2) is 0 Å². The summed E-state index contributed by atoms with van der Waals surface area (Å²) in [5.41, 5.74) is 1.79. The molecule has 2 N–H and O–H groups in total. The molecule has 34 heavy (non-hydrogen) atoms. The van der Waals surface area contributed by atoms with Crippen molar-refractivity contribution < 1.29 is 19.1 Å². The van der Waals surface area contributed by atoms with Crippen molar-refractivity contribution in [3.05, 3.63) is 88.9 Å². The van der Waals surface area contributed by atoms with Gasteiger partial charge in [-0.05, 0) is 62.4 Å². The van der Waals surface area contributed by atoms with Gasteiger partial charge in [0.1, 0.15) is 5.75 Å². The van der Waals surface area contributed by atoms with Crippen LogP contribution < -0.4 is 15.4 Å². The third-order valence-electron chi connectivity index (χ3n) is 5.02. The molecule has 3 amide bonds. The summed E-state index contributed by atoms with van der Waals surface area (Å²) in [5.74, 6) is -0.727. The molecule has 176 valence electrons. The molecule has 0 aliphatic heterocycles. The van der Waals surface area contributed by atoms with Crippen LogP contribution in [0.1, 0.15) is 34.6 Å². The normalized spacial score (nSPS) is 10.3. The van der Waals surface area contributed by atoms with E-state index in [1.807, 2.05) is 19.9 Å². The minimum atomic E-state index is -0.434. The molecule has 0 heterocycles. The van der Waals surface area contributed by atoms with Gasteiger partial charge in [0.25, 0.3) is 17.7 Å². The molecule has 8 heteroatoms. The number of amides is 3. The van der Waals surface area contributed by atoms with E-state index in [-0.39, 0.29) is 23.8 Å². The monoisotopic (exact) mass is 479 g/mol. The predicted octanol–water partition coefficient (Wildman–Crippen LogP) is 5.09. The van der Waals surface area contributed by atoms with Crippen molar-refractivity contribution in [3.63, 3.8) is 0 Å². The van der Waals surface area contributed by atoms with Crippen molar-refractivity contribution in [2.75, 3.05) is 30.3 Å². The Balaban J connectivity index is 1.66. The Morgan fingerprint density at radius 3 is 2.26 bits per heavy atom. The van der Waals surface area contributed by atoms with Crippen LogP contribution in [0.5, 0.6) is 5.75 Å². The number of hydrogen-bond acceptors (Lipinski definition) is 4. The second-order valence-corrected chi connectivity index (χ2v) is 7.79. The molecule has 0 aliphatic carbocycles. The lowest BCUT2D eigenvalue weighted by atomic mass is 10.1. The molecule has 0 atom stereocenters. The maximum absolute atomic E-state index is 12.7. The summed E-state index contributed by atoms with van der Waals surface area (Å²) in [5, 5.41) is 5.86. The van der Waals surface area contributed by atoms with Crippen LogP contribution in [0, 0.1) is 0 Å². The first kappa shape index (κ1) is 24.8. The zero-order valence-corrected chi connectivity index (χ0v) is 19.8. The molecule has 3 aromatic rings. The predicted molar refractivity (Wildman–Crippen MR) is 134 cm³/mol. The number of halogens is 1. The van der Waals surface area contributed by atoms with E-state index in [1.165, 1.54) is 6.07 Å². The summed E-state index contributed by atoms with van der Waals surface area (Å²) in [6.45, 7) is 4.69. The summed E-state index contributed by atoms with van der Waals surface area (Å²) in [7, 11) is 0. The smallest absolute Gasteiger partial charge is 0.262 e. The number of carbonyl (C=O) groups excluding carboxylic acids is 3. The van der Waals surface area contributed by atoms with Gasteiger partial charge in [0, 0.05) is 35.1 Å². The van der Waals surface area contributed by atoms with Crippen LogP contribution in [0.3, 0.4) is 0 Å². The average Bonchev–Trinajstić information content (AvgIpc) is 2.84. The van der Waals surface area contributed by atoms with Gasteiger partial charge in [0.2, 0.25) is 0 Å². The van der Waals surface area contributed by atoms with Crippen molar-refractivity contribution in [1.29, 1.82) is 0 Å². The van der Waals surface area contributed by atoms with Crippen LogP contribution in [0.15, 0.2) is 72.8 Å². The van der Waals surface area contributed by atoms with Crippen LogP contribution in [-0.2, 0) is 4.79 Å². The summed E-state index contributed by atoms with van der Waals surface area (Å²) < 4.78 is 5.63. The number of benzene rings is 3. The fourth-order valence-corrected chi connectivity index (χ4v) is 3.46. The number of nitrogens with zero attached hydrogens (tertiary/aromatic N) is 1. The van der Waals surface area contributed by atoms with Crippen molar-refractivity contribution >= 4 is 40.7 Å². The first-order chi connectivity index (χ1) is 16.4. The van der Waals surface area contributed by atoms with E-state index in [4.69, 9.17) is 16.3 Å². The highest BCUT2D eigenvalue weighted by atomic mass is 35.5. The van der Waals surface area contributed by atoms with E-state index in [2.05, 4.69) is 10.6 Å². The summed E-state index contributed by atoms with van der Waals surface area (Å²) in [6.07, 6.45) is 0. The molecule has 3 aromatic carbocycles. The van der Waals surface area contributed by atoms with E-state index < -0.39 is 11.8 Å². The van der Waals surface area contributed by atoms with Crippen molar-refractivity contribution in [2.45, 2.75) is 13.8 Å². The molecule has 0 saturated carbocycles. The average molecular weight is 480 g/mol. The standard InChI is InChI=1S/C26H26ClN3O4/c1-3-30(4-2)26(33)18-9-8-12-21(15-18)28-24(31)17-34-23-14-13-19(27)16-22(23)25(32)29-20-10-6-5-7-11-20/h5-16H,3-4,17H2,1-2H3,(H,28,31)(H,29,32). The molecule has 7 nitrogen and oxygen atoms in total. The molecular weight excluding hydrogens is 454 g/mol.